The van der Waals surface area contributed by atoms with E-state index in [1.165, 1.54) is 0 Å². The number of ether oxygens (including phenoxy) is 1. The first-order valence-corrected chi connectivity index (χ1v) is 5.93. The molecule has 3 rings (SSSR count). The molecule has 0 radical (unpaired) electrons. The highest BCUT2D eigenvalue weighted by Crippen LogP contribution is 2.32. The minimum atomic E-state index is -0.178. The van der Waals surface area contributed by atoms with Crippen molar-refractivity contribution in [3.63, 3.8) is 0 Å². The van der Waals surface area contributed by atoms with Crippen molar-refractivity contribution in [2.24, 2.45) is 0 Å². The van der Waals surface area contributed by atoms with E-state index in [9.17, 15) is 9.59 Å². The summed E-state index contributed by atoms with van der Waals surface area (Å²) in [6.45, 7) is 1.40. The number of β-lactam (4-membered cyclic amide) rings is 1. The third kappa shape index (κ3) is 1.74. The number of amides is 2. The minimum absolute atomic E-state index is 0.00650. The number of nitrogens with one attached hydrogen (secondary N) is 1. The molecule has 1 N–H and O–H groups in total. The lowest BCUT2D eigenvalue weighted by molar-refractivity contribution is -0.134. The second-order valence-corrected chi connectivity index (χ2v) is 5.08. The van der Waals surface area contributed by atoms with Crippen molar-refractivity contribution in [2.75, 3.05) is 13.1 Å². The minimum Gasteiger partial charge on any atom is -0.446 e. The normalized spacial score (nSPS) is 27.2. The number of rotatable bonds is 1. The molecule has 0 bridgehead atoms. The average molecular weight is 224 g/mol. The van der Waals surface area contributed by atoms with Crippen molar-refractivity contribution in [3.05, 3.63) is 0 Å². The first kappa shape index (κ1) is 9.93. The molecule has 88 valence electrons. The summed E-state index contributed by atoms with van der Waals surface area (Å²) in [4.78, 5) is 24.3. The van der Waals surface area contributed by atoms with Crippen molar-refractivity contribution in [1.82, 2.24) is 10.2 Å². The van der Waals surface area contributed by atoms with Gasteiger partial charge in [-0.25, -0.2) is 4.79 Å². The molecule has 0 aromatic carbocycles. The molecule has 0 aromatic rings. The standard InChI is InChI=1S/C11H16N2O3/c14-9-7-11(12-9)3-5-13(6-4-11)10(15)16-8-1-2-8/h8H,1-7H2,(H,12,14). The van der Waals surface area contributed by atoms with Gasteiger partial charge in [-0.15, -0.1) is 0 Å². The average Bonchev–Trinajstić information content (AvgIpc) is 3.01. The second-order valence-electron chi connectivity index (χ2n) is 5.08. The molecule has 1 aliphatic carbocycles. The first-order chi connectivity index (χ1) is 7.67. The number of likely N-dealkylation sites (tertiary alicyclic amines) is 1. The van der Waals surface area contributed by atoms with E-state index in [1.807, 2.05) is 0 Å². The third-order valence-electron chi connectivity index (χ3n) is 3.67. The molecule has 2 heterocycles. The number of hydrogen-bond donors (Lipinski definition) is 1. The van der Waals surface area contributed by atoms with E-state index in [-0.39, 0.29) is 23.6 Å². The van der Waals surface area contributed by atoms with E-state index in [2.05, 4.69) is 5.32 Å². The monoisotopic (exact) mass is 224 g/mol. The van der Waals surface area contributed by atoms with E-state index in [0.29, 0.717) is 19.5 Å². The number of piperidine rings is 1. The zero-order chi connectivity index (χ0) is 11.2. The molecule has 3 aliphatic rings. The molecule has 1 saturated carbocycles. The Labute approximate surface area is 94.1 Å². The van der Waals surface area contributed by atoms with Crippen LogP contribution in [-0.4, -0.2) is 41.6 Å². The second kappa shape index (κ2) is 3.37. The van der Waals surface area contributed by atoms with E-state index in [0.717, 1.165) is 25.7 Å². The molecular formula is C11H16N2O3. The zero-order valence-corrected chi connectivity index (χ0v) is 9.20. The SMILES string of the molecule is O=C1CC2(CCN(C(=O)OC3CC3)CC2)N1. The Bertz CT molecular complexity index is 320. The molecular weight excluding hydrogens is 208 g/mol. The Hall–Kier alpha value is -1.26. The molecule has 1 spiro atoms. The molecule has 0 unspecified atom stereocenters. The van der Waals surface area contributed by atoms with Crippen LogP contribution in [0.25, 0.3) is 0 Å². The summed E-state index contributed by atoms with van der Waals surface area (Å²) in [6, 6.07) is 0. The van der Waals surface area contributed by atoms with Gasteiger partial charge in [0, 0.05) is 19.5 Å². The highest BCUT2D eigenvalue weighted by molar-refractivity contribution is 5.84. The summed E-state index contributed by atoms with van der Waals surface area (Å²) in [6.07, 6.45) is 4.36. The van der Waals surface area contributed by atoms with Crippen molar-refractivity contribution < 1.29 is 14.3 Å². The third-order valence-corrected chi connectivity index (χ3v) is 3.67. The molecule has 16 heavy (non-hydrogen) atoms. The highest BCUT2D eigenvalue weighted by atomic mass is 16.6. The highest BCUT2D eigenvalue weighted by Gasteiger charge is 2.45. The van der Waals surface area contributed by atoms with E-state index >= 15 is 0 Å². The van der Waals surface area contributed by atoms with Gasteiger partial charge in [-0.1, -0.05) is 0 Å². The lowest BCUT2D eigenvalue weighted by Gasteiger charge is -2.47. The summed E-state index contributed by atoms with van der Waals surface area (Å²) in [5.74, 6) is 0.133. The molecule has 2 amide bonds. The van der Waals surface area contributed by atoms with Crippen LogP contribution in [0.1, 0.15) is 32.1 Å². The van der Waals surface area contributed by atoms with Gasteiger partial charge < -0.3 is 15.0 Å². The Balaban J connectivity index is 1.50. The molecule has 2 saturated heterocycles. The van der Waals surface area contributed by atoms with Crippen LogP contribution in [-0.2, 0) is 9.53 Å². The zero-order valence-electron chi connectivity index (χ0n) is 9.20. The number of carbonyl (C=O) groups is 2. The van der Waals surface area contributed by atoms with Crippen molar-refractivity contribution in [1.29, 1.82) is 0 Å². The van der Waals surface area contributed by atoms with Crippen molar-refractivity contribution in [3.8, 4) is 0 Å². The molecule has 0 aromatic heterocycles. The van der Waals surface area contributed by atoms with Gasteiger partial charge >= 0.3 is 6.09 Å². The van der Waals surface area contributed by atoms with Crippen LogP contribution < -0.4 is 5.32 Å². The first-order valence-electron chi connectivity index (χ1n) is 5.93. The maximum absolute atomic E-state index is 11.6. The van der Waals surface area contributed by atoms with Crippen molar-refractivity contribution >= 4 is 12.0 Å². The van der Waals surface area contributed by atoms with E-state index in [1.54, 1.807) is 4.90 Å². The Morgan fingerprint density at radius 1 is 1.38 bits per heavy atom. The summed E-state index contributed by atoms with van der Waals surface area (Å²) in [5, 5.41) is 2.95. The van der Waals surface area contributed by atoms with Gasteiger partial charge in [0.2, 0.25) is 5.91 Å². The largest absolute Gasteiger partial charge is 0.446 e. The van der Waals surface area contributed by atoms with Crippen LogP contribution in [0.5, 0.6) is 0 Å². The Morgan fingerprint density at radius 3 is 2.50 bits per heavy atom. The van der Waals surface area contributed by atoms with Crippen LogP contribution in [0.3, 0.4) is 0 Å². The summed E-state index contributed by atoms with van der Waals surface area (Å²) in [5.41, 5.74) is -0.00650. The number of hydrogen-bond acceptors (Lipinski definition) is 3. The van der Waals surface area contributed by atoms with Gasteiger partial charge in [0.1, 0.15) is 6.10 Å². The van der Waals surface area contributed by atoms with Gasteiger partial charge in [-0.2, -0.15) is 0 Å². The fourth-order valence-corrected chi connectivity index (χ4v) is 2.41. The van der Waals surface area contributed by atoms with Crippen LogP contribution in [0, 0.1) is 0 Å². The molecule has 2 aliphatic heterocycles. The van der Waals surface area contributed by atoms with Gasteiger partial charge in [0.25, 0.3) is 0 Å². The van der Waals surface area contributed by atoms with Crippen LogP contribution in [0.15, 0.2) is 0 Å². The Kier molecular flexibility index (Phi) is 2.09. The number of nitrogens with zero attached hydrogens (tertiary/aromatic N) is 1. The smallest absolute Gasteiger partial charge is 0.410 e. The van der Waals surface area contributed by atoms with Crippen LogP contribution in [0.2, 0.25) is 0 Å². The maximum Gasteiger partial charge on any atom is 0.410 e. The molecule has 5 heteroatoms. The molecule has 0 atom stereocenters. The van der Waals surface area contributed by atoms with Gasteiger partial charge in [-0.05, 0) is 25.7 Å². The predicted octanol–water partition coefficient (Wildman–Crippen LogP) is 0.640. The predicted molar refractivity (Wildman–Crippen MR) is 55.8 cm³/mol. The quantitative estimate of drug-likeness (QED) is 0.665. The van der Waals surface area contributed by atoms with Gasteiger partial charge in [0.05, 0.1) is 5.54 Å². The van der Waals surface area contributed by atoms with Gasteiger partial charge in [0.15, 0.2) is 0 Å². The van der Waals surface area contributed by atoms with Gasteiger partial charge in [-0.3, -0.25) is 4.79 Å². The number of carbonyl (C=O) groups excluding carboxylic acids is 2. The lowest BCUT2D eigenvalue weighted by atomic mass is 9.78. The summed E-state index contributed by atoms with van der Waals surface area (Å²) >= 11 is 0. The summed E-state index contributed by atoms with van der Waals surface area (Å²) < 4.78 is 5.24. The fourth-order valence-electron chi connectivity index (χ4n) is 2.41. The van der Waals surface area contributed by atoms with E-state index < -0.39 is 0 Å². The Morgan fingerprint density at radius 2 is 2.00 bits per heavy atom. The molecule has 3 fully saturated rings. The topological polar surface area (TPSA) is 58.6 Å². The maximum atomic E-state index is 11.6. The fraction of sp³-hybridized carbons (Fsp3) is 0.818. The van der Waals surface area contributed by atoms with Crippen molar-refractivity contribution in [2.45, 2.75) is 43.7 Å². The molecule has 5 nitrogen and oxygen atoms in total. The van der Waals surface area contributed by atoms with Crippen LogP contribution >= 0.6 is 0 Å². The van der Waals surface area contributed by atoms with E-state index in [4.69, 9.17) is 4.74 Å². The van der Waals surface area contributed by atoms with Crippen LogP contribution in [0.4, 0.5) is 4.79 Å². The lowest BCUT2D eigenvalue weighted by Crippen LogP contribution is -2.65. The summed E-state index contributed by atoms with van der Waals surface area (Å²) in [7, 11) is 0.